The molecular weight excluding hydrogens is 334 g/mol. The number of carbonyl (C=O) groups is 2. The molecule has 1 aliphatic carbocycles. The lowest BCUT2D eigenvalue weighted by molar-refractivity contribution is -0.153. The van der Waals surface area contributed by atoms with Gasteiger partial charge in [-0.15, -0.1) is 0 Å². The molecule has 0 aliphatic heterocycles. The Bertz CT molecular complexity index is 539. The third-order valence-electron chi connectivity index (χ3n) is 3.33. The van der Waals surface area contributed by atoms with E-state index in [0.717, 1.165) is 17.3 Å². The van der Waals surface area contributed by atoms with Crippen molar-refractivity contribution >= 4 is 33.5 Å². The van der Waals surface area contributed by atoms with Gasteiger partial charge in [0.1, 0.15) is 0 Å². The van der Waals surface area contributed by atoms with E-state index < -0.39 is 6.10 Å². The third-order valence-corrected chi connectivity index (χ3v) is 3.86. The van der Waals surface area contributed by atoms with E-state index in [4.69, 9.17) is 4.74 Å². The molecule has 0 bridgehead atoms. The number of rotatable bonds is 5. The fourth-order valence-corrected chi connectivity index (χ4v) is 2.42. The van der Waals surface area contributed by atoms with Crippen LogP contribution in [0.25, 0.3) is 0 Å². The van der Waals surface area contributed by atoms with Crippen LogP contribution in [0.2, 0.25) is 0 Å². The van der Waals surface area contributed by atoms with Crippen LogP contribution in [0.5, 0.6) is 0 Å². The minimum absolute atomic E-state index is 0.249. The Kier molecular flexibility index (Phi) is 5.56. The van der Waals surface area contributed by atoms with E-state index in [1.807, 2.05) is 18.2 Å². The first-order chi connectivity index (χ1) is 10.0. The first-order valence-corrected chi connectivity index (χ1v) is 7.76. The standard InChI is InChI=1S/C16H18BrNO3/c1-11(21-15(19)10-12-4-2-3-5-12)16(20)18-14-8-6-13(17)7-9-14/h2,4,6-9,11-12H,3,5,10H2,1H3,(H,18,20)/t11-,12-/m0/s1. The van der Waals surface area contributed by atoms with Gasteiger partial charge in [-0.3, -0.25) is 9.59 Å². The molecule has 1 aromatic rings. The van der Waals surface area contributed by atoms with Gasteiger partial charge in [-0.25, -0.2) is 0 Å². The second-order valence-corrected chi connectivity index (χ2v) is 6.01. The van der Waals surface area contributed by atoms with Gasteiger partial charge in [0.05, 0.1) is 6.42 Å². The van der Waals surface area contributed by atoms with Crippen molar-refractivity contribution < 1.29 is 14.3 Å². The summed E-state index contributed by atoms with van der Waals surface area (Å²) in [5.74, 6) is -0.406. The molecule has 0 fully saturated rings. The van der Waals surface area contributed by atoms with E-state index in [-0.39, 0.29) is 17.8 Å². The van der Waals surface area contributed by atoms with Crippen LogP contribution in [-0.2, 0) is 14.3 Å². The van der Waals surface area contributed by atoms with E-state index >= 15 is 0 Å². The van der Waals surface area contributed by atoms with Crippen molar-refractivity contribution in [1.29, 1.82) is 0 Å². The Morgan fingerprint density at radius 3 is 2.71 bits per heavy atom. The summed E-state index contributed by atoms with van der Waals surface area (Å²) in [5, 5.41) is 2.72. The summed E-state index contributed by atoms with van der Waals surface area (Å²) in [5.41, 5.74) is 0.671. The predicted molar refractivity (Wildman–Crippen MR) is 84.8 cm³/mol. The summed E-state index contributed by atoms with van der Waals surface area (Å²) in [7, 11) is 0. The molecule has 1 amide bonds. The quantitative estimate of drug-likeness (QED) is 0.650. The van der Waals surface area contributed by atoms with Crippen LogP contribution in [0.4, 0.5) is 5.69 Å². The molecule has 0 unspecified atom stereocenters. The first-order valence-electron chi connectivity index (χ1n) is 6.97. The molecule has 0 radical (unpaired) electrons. The zero-order valence-corrected chi connectivity index (χ0v) is 13.4. The molecular formula is C16H18BrNO3. The van der Waals surface area contributed by atoms with Crippen molar-refractivity contribution in [3.05, 3.63) is 40.9 Å². The van der Waals surface area contributed by atoms with Crippen molar-refractivity contribution in [3.8, 4) is 0 Å². The van der Waals surface area contributed by atoms with Crippen molar-refractivity contribution in [2.24, 2.45) is 5.92 Å². The zero-order chi connectivity index (χ0) is 15.2. The summed E-state index contributed by atoms with van der Waals surface area (Å²) < 4.78 is 6.11. The number of halogens is 1. The maximum atomic E-state index is 12.0. The molecule has 2 rings (SSSR count). The molecule has 1 aliphatic rings. The fraction of sp³-hybridized carbons (Fsp3) is 0.375. The van der Waals surface area contributed by atoms with Crippen LogP contribution >= 0.6 is 15.9 Å². The summed E-state index contributed by atoms with van der Waals surface area (Å²) in [6, 6.07) is 7.22. The van der Waals surface area contributed by atoms with Gasteiger partial charge >= 0.3 is 5.97 Å². The van der Waals surface area contributed by atoms with Gasteiger partial charge < -0.3 is 10.1 Å². The van der Waals surface area contributed by atoms with Gasteiger partial charge in [-0.05, 0) is 49.9 Å². The second-order valence-electron chi connectivity index (χ2n) is 5.10. The van der Waals surface area contributed by atoms with E-state index in [0.29, 0.717) is 12.1 Å². The van der Waals surface area contributed by atoms with Crippen LogP contribution in [0.3, 0.4) is 0 Å². The molecule has 112 valence electrons. The minimum Gasteiger partial charge on any atom is -0.453 e. The Hall–Kier alpha value is -1.62. The van der Waals surface area contributed by atoms with E-state index in [9.17, 15) is 9.59 Å². The molecule has 0 aromatic heterocycles. The Balaban J connectivity index is 1.80. The second kappa shape index (κ2) is 7.41. The van der Waals surface area contributed by atoms with E-state index in [2.05, 4.69) is 27.3 Å². The van der Waals surface area contributed by atoms with Crippen LogP contribution in [0, 0.1) is 5.92 Å². The highest BCUT2D eigenvalue weighted by Gasteiger charge is 2.21. The number of carbonyl (C=O) groups excluding carboxylic acids is 2. The summed E-state index contributed by atoms with van der Waals surface area (Å²) >= 11 is 3.33. The number of anilines is 1. The van der Waals surface area contributed by atoms with Crippen LogP contribution in [-0.4, -0.2) is 18.0 Å². The molecule has 4 nitrogen and oxygen atoms in total. The summed E-state index contributed by atoms with van der Waals surface area (Å²) in [6.45, 7) is 1.58. The molecule has 0 spiro atoms. The van der Waals surface area contributed by atoms with Gasteiger partial charge in [0, 0.05) is 10.2 Å². The van der Waals surface area contributed by atoms with Gasteiger partial charge in [0.2, 0.25) is 0 Å². The molecule has 0 saturated carbocycles. The third kappa shape index (κ3) is 5.01. The number of allylic oxidation sites excluding steroid dienone is 2. The van der Waals surface area contributed by atoms with Gasteiger partial charge in [-0.1, -0.05) is 28.1 Å². The van der Waals surface area contributed by atoms with Crippen LogP contribution in [0.15, 0.2) is 40.9 Å². The highest BCUT2D eigenvalue weighted by molar-refractivity contribution is 9.10. The molecule has 0 saturated heterocycles. The lowest BCUT2D eigenvalue weighted by Crippen LogP contribution is -2.30. The molecule has 2 atom stereocenters. The number of nitrogens with one attached hydrogen (secondary N) is 1. The average molecular weight is 352 g/mol. The maximum Gasteiger partial charge on any atom is 0.307 e. The topological polar surface area (TPSA) is 55.4 Å². The first kappa shape index (κ1) is 15.8. The van der Waals surface area contributed by atoms with E-state index in [1.165, 1.54) is 0 Å². The highest BCUT2D eigenvalue weighted by atomic mass is 79.9. The Morgan fingerprint density at radius 1 is 1.38 bits per heavy atom. The largest absolute Gasteiger partial charge is 0.453 e. The normalized spacial score (nSPS) is 18.3. The van der Waals surface area contributed by atoms with Crippen molar-refractivity contribution in [3.63, 3.8) is 0 Å². The van der Waals surface area contributed by atoms with Crippen LogP contribution < -0.4 is 5.32 Å². The van der Waals surface area contributed by atoms with E-state index in [1.54, 1.807) is 19.1 Å². The van der Waals surface area contributed by atoms with Crippen molar-refractivity contribution in [2.45, 2.75) is 32.3 Å². The Morgan fingerprint density at radius 2 is 2.10 bits per heavy atom. The molecule has 5 heteroatoms. The van der Waals surface area contributed by atoms with Gasteiger partial charge in [0.25, 0.3) is 5.91 Å². The smallest absolute Gasteiger partial charge is 0.307 e. The lowest BCUT2D eigenvalue weighted by atomic mass is 10.1. The fourth-order valence-electron chi connectivity index (χ4n) is 2.16. The predicted octanol–water partition coefficient (Wildman–Crippen LogP) is 3.68. The van der Waals surface area contributed by atoms with Crippen molar-refractivity contribution in [2.75, 3.05) is 5.32 Å². The highest BCUT2D eigenvalue weighted by Crippen LogP contribution is 2.21. The van der Waals surface area contributed by atoms with Crippen molar-refractivity contribution in [1.82, 2.24) is 0 Å². The monoisotopic (exact) mass is 351 g/mol. The summed E-state index contributed by atoms with van der Waals surface area (Å²) in [4.78, 5) is 23.7. The number of esters is 1. The summed E-state index contributed by atoms with van der Waals surface area (Å²) in [6.07, 6.45) is 5.64. The SMILES string of the molecule is C[C@H](OC(=O)C[C@H]1C=CCC1)C(=O)Nc1ccc(Br)cc1. The molecule has 1 N–H and O–H groups in total. The maximum absolute atomic E-state index is 12.0. The lowest BCUT2D eigenvalue weighted by Gasteiger charge is -2.14. The van der Waals surface area contributed by atoms with Gasteiger partial charge in [0.15, 0.2) is 6.10 Å². The molecule has 0 heterocycles. The number of ether oxygens (including phenoxy) is 1. The van der Waals surface area contributed by atoms with Crippen LogP contribution in [0.1, 0.15) is 26.2 Å². The number of hydrogen-bond donors (Lipinski definition) is 1. The number of hydrogen-bond acceptors (Lipinski definition) is 3. The average Bonchev–Trinajstić information content (AvgIpc) is 2.94. The number of benzene rings is 1. The molecule has 1 aromatic carbocycles. The Labute approximate surface area is 132 Å². The molecule has 21 heavy (non-hydrogen) atoms. The van der Waals surface area contributed by atoms with Gasteiger partial charge in [-0.2, -0.15) is 0 Å². The minimum atomic E-state index is -0.800. The number of amides is 1. The zero-order valence-electron chi connectivity index (χ0n) is 11.8.